The zero-order valence-electron chi connectivity index (χ0n) is 11.3. The van der Waals surface area contributed by atoms with Crippen LogP contribution in [0, 0.1) is 17.8 Å². The molecule has 2 nitrogen and oxygen atoms in total. The predicted octanol–water partition coefficient (Wildman–Crippen LogP) is 3.89. The molecule has 0 heterocycles. The lowest BCUT2D eigenvalue weighted by molar-refractivity contribution is -0.198. The maximum Gasteiger partial charge on any atom is 0.392 e. The second-order valence-corrected chi connectivity index (χ2v) is 6.20. The molecular weight excluding hydrogens is 323 g/mol. The molecule has 112 valence electrons. The molecule has 0 bridgehead atoms. The number of carbonyl (C=O) groups excluding carboxylic acids is 1. The average molecular weight is 344 g/mol. The number of hydrogen-bond acceptors (Lipinski definition) is 1. The largest absolute Gasteiger partial charge is 0.392 e. The summed E-state index contributed by atoms with van der Waals surface area (Å²) in [4.78, 5) is 12.1. The van der Waals surface area contributed by atoms with Gasteiger partial charge < -0.3 is 5.32 Å². The molecule has 0 aromatic rings. The van der Waals surface area contributed by atoms with Gasteiger partial charge in [0, 0.05) is 17.3 Å². The smallest absolute Gasteiger partial charge is 0.352 e. The number of alkyl halides is 4. The van der Waals surface area contributed by atoms with Crippen molar-refractivity contribution in [2.45, 2.75) is 51.7 Å². The lowest BCUT2D eigenvalue weighted by atomic mass is 9.78. The van der Waals surface area contributed by atoms with Crippen LogP contribution in [0.15, 0.2) is 0 Å². The van der Waals surface area contributed by atoms with Gasteiger partial charge in [0.15, 0.2) is 0 Å². The van der Waals surface area contributed by atoms with Crippen LogP contribution >= 0.6 is 15.9 Å². The second-order valence-electron chi connectivity index (χ2n) is 5.55. The summed E-state index contributed by atoms with van der Waals surface area (Å²) in [5.74, 6) is -2.66. The van der Waals surface area contributed by atoms with E-state index in [2.05, 4.69) is 21.2 Å². The first-order valence-corrected chi connectivity index (χ1v) is 7.82. The molecule has 3 unspecified atom stereocenters. The molecule has 0 aliphatic heterocycles. The van der Waals surface area contributed by atoms with Gasteiger partial charge in [-0.05, 0) is 18.8 Å². The number of nitrogens with one attached hydrogen (secondary N) is 1. The van der Waals surface area contributed by atoms with Crippen LogP contribution in [0.25, 0.3) is 0 Å². The van der Waals surface area contributed by atoms with Gasteiger partial charge >= 0.3 is 6.18 Å². The fraction of sp³-hybridized carbons (Fsp3) is 0.923. The van der Waals surface area contributed by atoms with E-state index < -0.39 is 23.9 Å². The van der Waals surface area contributed by atoms with Crippen LogP contribution in [0.5, 0.6) is 0 Å². The Balaban J connectivity index is 2.72. The van der Waals surface area contributed by atoms with Crippen LogP contribution in [-0.4, -0.2) is 23.5 Å². The summed E-state index contributed by atoms with van der Waals surface area (Å²) in [6, 6.07) is -0.122. The lowest BCUT2D eigenvalue weighted by Crippen LogP contribution is -2.47. The zero-order chi connectivity index (χ0) is 14.6. The molecule has 1 N–H and O–H groups in total. The van der Waals surface area contributed by atoms with Crippen LogP contribution in [-0.2, 0) is 4.79 Å². The Bertz CT molecular complexity index is 307. The molecule has 0 radical (unpaired) electrons. The summed E-state index contributed by atoms with van der Waals surface area (Å²) in [6.45, 7) is 3.88. The maximum atomic E-state index is 12.9. The van der Waals surface area contributed by atoms with Crippen molar-refractivity contribution in [3.8, 4) is 0 Å². The molecule has 1 amide bonds. The van der Waals surface area contributed by atoms with E-state index in [-0.39, 0.29) is 18.4 Å². The summed E-state index contributed by atoms with van der Waals surface area (Å²) >= 11 is 3.29. The summed E-state index contributed by atoms with van der Waals surface area (Å²) in [5, 5.41) is 3.31. The molecule has 0 saturated heterocycles. The number of halogens is 4. The van der Waals surface area contributed by atoms with Gasteiger partial charge in [-0.15, -0.1) is 0 Å². The van der Waals surface area contributed by atoms with E-state index in [0.717, 1.165) is 0 Å². The van der Waals surface area contributed by atoms with Crippen molar-refractivity contribution in [2.24, 2.45) is 17.8 Å². The minimum Gasteiger partial charge on any atom is -0.352 e. The molecule has 1 aliphatic rings. The van der Waals surface area contributed by atoms with E-state index in [9.17, 15) is 18.0 Å². The van der Waals surface area contributed by atoms with Crippen molar-refractivity contribution in [3.63, 3.8) is 0 Å². The van der Waals surface area contributed by atoms with E-state index in [1.165, 1.54) is 0 Å². The lowest BCUT2D eigenvalue weighted by Gasteiger charge is -2.33. The highest BCUT2D eigenvalue weighted by atomic mass is 79.9. The van der Waals surface area contributed by atoms with Gasteiger partial charge in [-0.2, -0.15) is 13.2 Å². The van der Waals surface area contributed by atoms with Crippen LogP contribution in [0.4, 0.5) is 13.2 Å². The maximum absolute atomic E-state index is 12.9. The second kappa shape index (κ2) is 6.95. The Hall–Kier alpha value is -0.260. The van der Waals surface area contributed by atoms with Gasteiger partial charge in [-0.25, -0.2) is 0 Å². The molecule has 1 fully saturated rings. The standard InChI is InChI=1S/C13H21BrF3NO/c1-8(2)11(7-14)18-12(19)9-5-3-4-6-10(9)13(15,16)17/h8-11H,3-7H2,1-2H3,(H,18,19). The van der Waals surface area contributed by atoms with Gasteiger partial charge in [0.1, 0.15) is 0 Å². The van der Waals surface area contributed by atoms with E-state index in [1.54, 1.807) is 0 Å². The Kier molecular flexibility index (Phi) is 6.15. The monoisotopic (exact) mass is 343 g/mol. The third kappa shape index (κ3) is 4.65. The Morgan fingerprint density at radius 3 is 2.37 bits per heavy atom. The minimum absolute atomic E-state index is 0.0717. The first-order chi connectivity index (χ1) is 8.77. The van der Waals surface area contributed by atoms with Gasteiger partial charge in [0.2, 0.25) is 5.91 Å². The Labute approximate surface area is 120 Å². The molecule has 6 heteroatoms. The molecular formula is C13H21BrF3NO. The van der Waals surface area contributed by atoms with Crippen molar-refractivity contribution in [1.82, 2.24) is 5.32 Å². The fourth-order valence-electron chi connectivity index (χ4n) is 2.51. The van der Waals surface area contributed by atoms with Crippen molar-refractivity contribution in [2.75, 3.05) is 5.33 Å². The number of hydrogen-bond donors (Lipinski definition) is 1. The summed E-state index contributed by atoms with van der Waals surface area (Å²) in [6.07, 6.45) is -2.61. The zero-order valence-corrected chi connectivity index (χ0v) is 12.9. The van der Waals surface area contributed by atoms with Crippen LogP contribution < -0.4 is 5.32 Å². The average Bonchev–Trinajstić information content (AvgIpc) is 2.34. The van der Waals surface area contributed by atoms with Gasteiger partial charge in [0.05, 0.1) is 5.92 Å². The van der Waals surface area contributed by atoms with Gasteiger partial charge in [-0.1, -0.05) is 42.6 Å². The molecule has 0 spiro atoms. The summed E-state index contributed by atoms with van der Waals surface area (Å²) in [7, 11) is 0. The Morgan fingerprint density at radius 2 is 1.89 bits per heavy atom. The predicted molar refractivity (Wildman–Crippen MR) is 72.1 cm³/mol. The first kappa shape index (κ1) is 16.8. The number of rotatable bonds is 4. The topological polar surface area (TPSA) is 29.1 Å². The molecule has 3 atom stereocenters. The molecule has 1 saturated carbocycles. The molecule has 0 aromatic carbocycles. The van der Waals surface area contributed by atoms with Crippen molar-refractivity contribution in [1.29, 1.82) is 0 Å². The van der Waals surface area contributed by atoms with E-state index in [0.29, 0.717) is 24.6 Å². The fourth-order valence-corrected chi connectivity index (χ4v) is 3.42. The minimum atomic E-state index is -4.27. The molecule has 19 heavy (non-hydrogen) atoms. The SMILES string of the molecule is CC(C)C(CBr)NC(=O)C1CCCCC1C(F)(F)F. The normalized spacial score (nSPS) is 26.3. The third-order valence-corrected chi connectivity index (χ3v) is 4.52. The highest BCUT2D eigenvalue weighted by Crippen LogP contribution is 2.41. The highest BCUT2D eigenvalue weighted by Gasteiger charge is 2.48. The van der Waals surface area contributed by atoms with Gasteiger partial charge in [-0.3, -0.25) is 4.79 Å². The summed E-state index contributed by atoms with van der Waals surface area (Å²) < 4.78 is 38.8. The van der Waals surface area contributed by atoms with E-state index in [4.69, 9.17) is 0 Å². The van der Waals surface area contributed by atoms with Crippen molar-refractivity contribution >= 4 is 21.8 Å². The van der Waals surface area contributed by atoms with Crippen molar-refractivity contribution < 1.29 is 18.0 Å². The third-order valence-electron chi connectivity index (χ3n) is 3.82. The summed E-state index contributed by atoms with van der Waals surface area (Å²) in [5.41, 5.74) is 0. The first-order valence-electron chi connectivity index (χ1n) is 6.70. The Morgan fingerprint density at radius 1 is 1.32 bits per heavy atom. The van der Waals surface area contributed by atoms with Crippen LogP contribution in [0.2, 0.25) is 0 Å². The van der Waals surface area contributed by atoms with Crippen LogP contribution in [0.1, 0.15) is 39.5 Å². The molecule has 1 rings (SSSR count). The van der Waals surface area contributed by atoms with Gasteiger partial charge in [0.25, 0.3) is 0 Å². The molecule has 1 aliphatic carbocycles. The van der Waals surface area contributed by atoms with Crippen LogP contribution in [0.3, 0.4) is 0 Å². The number of amides is 1. The van der Waals surface area contributed by atoms with Crippen molar-refractivity contribution in [3.05, 3.63) is 0 Å². The quantitative estimate of drug-likeness (QED) is 0.771. The number of carbonyl (C=O) groups is 1. The van der Waals surface area contributed by atoms with E-state index in [1.807, 2.05) is 13.8 Å². The van der Waals surface area contributed by atoms with E-state index >= 15 is 0 Å². The molecule has 0 aromatic heterocycles. The highest BCUT2D eigenvalue weighted by molar-refractivity contribution is 9.09.